The second kappa shape index (κ2) is 5.76. The summed E-state index contributed by atoms with van der Waals surface area (Å²) >= 11 is 7.91. The number of aromatic nitrogens is 2. The lowest BCUT2D eigenvalue weighted by atomic mass is 9.87. The first kappa shape index (κ1) is 15.4. The summed E-state index contributed by atoms with van der Waals surface area (Å²) in [7, 11) is 0. The topological polar surface area (TPSA) is 46.9 Å². The zero-order valence-electron chi connectivity index (χ0n) is 13.3. The Kier molecular flexibility index (Phi) is 3.70. The summed E-state index contributed by atoms with van der Waals surface area (Å²) in [4.78, 5) is 12.3. The van der Waals surface area contributed by atoms with Crippen molar-refractivity contribution in [1.82, 2.24) is 9.78 Å². The van der Waals surface area contributed by atoms with E-state index < -0.39 is 0 Å². The summed E-state index contributed by atoms with van der Waals surface area (Å²) in [6.45, 7) is 3.95. The van der Waals surface area contributed by atoms with Crippen molar-refractivity contribution in [2.24, 2.45) is 0 Å². The number of amides is 1. The maximum absolute atomic E-state index is 12.3. The molecule has 4 rings (SSSR count). The van der Waals surface area contributed by atoms with Gasteiger partial charge in [-0.25, -0.2) is 4.68 Å². The lowest BCUT2D eigenvalue weighted by Crippen LogP contribution is -2.24. The average molecular weight is 358 g/mol. The fourth-order valence-corrected chi connectivity index (χ4v) is 4.09. The normalized spacial score (nSPS) is 16.8. The van der Waals surface area contributed by atoms with Gasteiger partial charge < -0.3 is 5.32 Å². The molecule has 3 aromatic rings. The van der Waals surface area contributed by atoms with Crippen LogP contribution in [0.5, 0.6) is 0 Å². The van der Waals surface area contributed by atoms with E-state index >= 15 is 0 Å². The Labute approximate surface area is 149 Å². The SMILES string of the molecule is Cc1ccc(-n2nc(C)c3c2NC(=O)C[C@@H]3c2ccsc2)cc1Cl. The van der Waals surface area contributed by atoms with Gasteiger partial charge in [0.1, 0.15) is 5.82 Å². The number of hydrogen-bond donors (Lipinski definition) is 1. The molecule has 1 amide bonds. The van der Waals surface area contributed by atoms with E-state index in [1.165, 1.54) is 5.56 Å². The van der Waals surface area contributed by atoms with Crippen molar-refractivity contribution in [3.05, 3.63) is 62.4 Å². The first-order valence-corrected chi connectivity index (χ1v) is 9.04. The van der Waals surface area contributed by atoms with Crippen molar-refractivity contribution in [2.75, 3.05) is 5.32 Å². The minimum absolute atomic E-state index is 0.0121. The molecule has 1 N–H and O–H groups in total. The van der Waals surface area contributed by atoms with Crippen LogP contribution in [0.15, 0.2) is 35.0 Å². The van der Waals surface area contributed by atoms with Gasteiger partial charge in [-0.05, 0) is 53.9 Å². The van der Waals surface area contributed by atoms with E-state index in [0.717, 1.165) is 28.3 Å². The van der Waals surface area contributed by atoms with Crippen molar-refractivity contribution >= 4 is 34.7 Å². The first-order valence-electron chi connectivity index (χ1n) is 7.72. The van der Waals surface area contributed by atoms with Crippen molar-refractivity contribution in [3.8, 4) is 5.69 Å². The number of hydrogen-bond acceptors (Lipinski definition) is 3. The van der Waals surface area contributed by atoms with E-state index in [1.807, 2.05) is 37.4 Å². The number of halogens is 1. The van der Waals surface area contributed by atoms with Gasteiger partial charge in [-0.15, -0.1) is 0 Å². The molecule has 1 aromatic carbocycles. The van der Waals surface area contributed by atoms with Gasteiger partial charge in [0, 0.05) is 22.9 Å². The molecule has 122 valence electrons. The Morgan fingerprint density at radius 1 is 1.33 bits per heavy atom. The van der Waals surface area contributed by atoms with E-state index in [0.29, 0.717) is 11.4 Å². The number of thiophene rings is 1. The van der Waals surface area contributed by atoms with E-state index in [-0.39, 0.29) is 11.8 Å². The molecule has 0 bridgehead atoms. The molecule has 0 fully saturated rings. The Bertz CT molecular complexity index is 930. The number of rotatable bonds is 2. The molecule has 0 aliphatic carbocycles. The highest BCUT2D eigenvalue weighted by molar-refractivity contribution is 7.08. The van der Waals surface area contributed by atoms with E-state index in [4.69, 9.17) is 11.6 Å². The quantitative estimate of drug-likeness (QED) is 0.724. The summed E-state index contributed by atoms with van der Waals surface area (Å²) in [5.74, 6) is 0.813. The molecule has 1 atom stereocenters. The number of aryl methyl sites for hydroxylation is 2. The molecule has 1 aliphatic rings. The van der Waals surface area contributed by atoms with Gasteiger partial charge in [-0.2, -0.15) is 16.4 Å². The monoisotopic (exact) mass is 357 g/mol. The Hall–Kier alpha value is -2.11. The van der Waals surface area contributed by atoms with Crippen LogP contribution in [0.4, 0.5) is 5.82 Å². The van der Waals surface area contributed by atoms with E-state index in [2.05, 4.69) is 21.9 Å². The highest BCUT2D eigenvalue weighted by Crippen LogP contribution is 2.40. The lowest BCUT2D eigenvalue weighted by Gasteiger charge is -2.23. The number of carbonyl (C=O) groups excluding carboxylic acids is 1. The molecule has 6 heteroatoms. The highest BCUT2D eigenvalue weighted by Gasteiger charge is 2.32. The van der Waals surface area contributed by atoms with Crippen LogP contribution in [-0.2, 0) is 4.79 Å². The van der Waals surface area contributed by atoms with Crippen LogP contribution in [0.1, 0.15) is 34.7 Å². The molecule has 0 radical (unpaired) electrons. The van der Waals surface area contributed by atoms with Gasteiger partial charge in [0.05, 0.1) is 11.4 Å². The predicted molar refractivity (Wildman–Crippen MR) is 97.5 cm³/mol. The van der Waals surface area contributed by atoms with Crippen LogP contribution in [0, 0.1) is 13.8 Å². The molecule has 3 heterocycles. The lowest BCUT2D eigenvalue weighted by molar-refractivity contribution is -0.116. The minimum atomic E-state index is 0.0121. The minimum Gasteiger partial charge on any atom is -0.310 e. The smallest absolute Gasteiger partial charge is 0.226 e. The molecule has 0 unspecified atom stereocenters. The Morgan fingerprint density at radius 3 is 2.88 bits per heavy atom. The average Bonchev–Trinajstić information content (AvgIpc) is 3.18. The number of nitrogens with one attached hydrogen (secondary N) is 1. The van der Waals surface area contributed by atoms with Crippen LogP contribution in [0.25, 0.3) is 5.69 Å². The van der Waals surface area contributed by atoms with Crippen LogP contribution in [0.2, 0.25) is 5.02 Å². The van der Waals surface area contributed by atoms with Crippen LogP contribution < -0.4 is 5.32 Å². The molecule has 0 saturated carbocycles. The van der Waals surface area contributed by atoms with Gasteiger partial charge >= 0.3 is 0 Å². The Balaban J connectivity index is 1.89. The maximum atomic E-state index is 12.3. The summed E-state index contributed by atoms with van der Waals surface area (Å²) < 4.78 is 1.78. The number of carbonyl (C=O) groups is 1. The number of fused-ring (bicyclic) bond motifs is 1. The number of nitrogens with zero attached hydrogens (tertiary/aromatic N) is 2. The molecular formula is C18H16ClN3OS. The standard InChI is InChI=1S/C18H16ClN3OS/c1-10-3-4-13(7-15(10)19)22-18-17(11(2)21-22)14(8-16(23)20-18)12-5-6-24-9-12/h3-7,9,14H,8H2,1-2H3,(H,20,23)/t14-/m1/s1. The molecule has 0 spiro atoms. The van der Waals surface area contributed by atoms with Crippen LogP contribution >= 0.6 is 22.9 Å². The van der Waals surface area contributed by atoms with Gasteiger partial charge in [-0.3, -0.25) is 4.79 Å². The Morgan fingerprint density at radius 2 is 2.17 bits per heavy atom. The predicted octanol–water partition coefficient (Wildman–Crippen LogP) is 4.68. The van der Waals surface area contributed by atoms with Gasteiger partial charge in [0.15, 0.2) is 0 Å². The first-order chi connectivity index (χ1) is 11.5. The third kappa shape index (κ3) is 2.44. The van der Waals surface area contributed by atoms with E-state index in [9.17, 15) is 4.79 Å². The highest BCUT2D eigenvalue weighted by atomic mass is 35.5. The van der Waals surface area contributed by atoms with Crippen molar-refractivity contribution in [1.29, 1.82) is 0 Å². The fourth-order valence-electron chi connectivity index (χ4n) is 3.21. The number of benzene rings is 1. The zero-order chi connectivity index (χ0) is 16.8. The van der Waals surface area contributed by atoms with Crippen LogP contribution in [0.3, 0.4) is 0 Å². The van der Waals surface area contributed by atoms with Crippen molar-refractivity contribution < 1.29 is 4.79 Å². The summed E-state index contributed by atoms with van der Waals surface area (Å²) in [5.41, 5.74) is 5.04. The molecular weight excluding hydrogens is 342 g/mol. The van der Waals surface area contributed by atoms with Gasteiger partial charge in [0.2, 0.25) is 5.91 Å². The third-order valence-electron chi connectivity index (χ3n) is 4.45. The summed E-state index contributed by atoms with van der Waals surface area (Å²) in [6, 6.07) is 7.89. The van der Waals surface area contributed by atoms with Gasteiger partial charge in [-0.1, -0.05) is 17.7 Å². The van der Waals surface area contributed by atoms with Crippen LogP contribution in [-0.4, -0.2) is 15.7 Å². The van der Waals surface area contributed by atoms with E-state index in [1.54, 1.807) is 16.0 Å². The third-order valence-corrected chi connectivity index (χ3v) is 5.56. The second-order valence-electron chi connectivity index (χ2n) is 6.05. The zero-order valence-corrected chi connectivity index (χ0v) is 14.9. The maximum Gasteiger partial charge on any atom is 0.226 e. The van der Waals surface area contributed by atoms with Gasteiger partial charge in [0.25, 0.3) is 0 Å². The second-order valence-corrected chi connectivity index (χ2v) is 7.24. The molecule has 1 aliphatic heterocycles. The molecule has 2 aromatic heterocycles. The summed E-state index contributed by atoms with van der Waals surface area (Å²) in [6.07, 6.45) is 0.449. The molecule has 24 heavy (non-hydrogen) atoms. The fraction of sp³-hybridized carbons (Fsp3) is 0.222. The van der Waals surface area contributed by atoms with Crippen molar-refractivity contribution in [2.45, 2.75) is 26.2 Å². The number of anilines is 1. The molecule has 0 saturated heterocycles. The largest absolute Gasteiger partial charge is 0.310 e. The van der Waals surface area contributed by atoms with Crippen molar-refractivity contribution in [3.63, 3.8) is 0 Å². The molecule has 4 nitrogen and oxygen atoms in total. The summed E-state index contributed by atoms with van der Waals surface area (Å²) in [5, 5.41) is 12.5.